The van der Waals surface area contributed by atoms with Gasteiger partial charge in [-0.2, -0.15) is 0 Å². The van der Waals surface area contributed by atoms with Crippen LogP contribution in [0.2, 0.25) is 10.2 Å². The maximum absolute atomic E-state index is 12.0. The standard InChI is InChI=1S/C13H9Cl2NO/c14-11-4-2-1-3-9(11)7-12(17)10-5-6-16-13(15)8-10/h1-6,8H,7H2. The summed E-state index contributed by atoms with van der Waals surface area (Å²) in [6.07, 6.45) is 1.78. The lowest BCUT2D eigenvalue weighted by atomic mass is 10.0. The fraction of sp³-hybridized carbons (Fsp3) is 0.0769. The molecule has 2 aromatic rings. The van der Waals surface area contributed by atoms with Crippen molar-refractivity contribution in [3.05, 3.63) is 63.9 Å². The molecule has 0 unspecified atom stereocenters. The van der Waals surface area contributed by atoms with Crippen LogP contribution in [0.15, 0.2) is 42.6 Å². The number of aromatic nitrogens is 1. The van der Waals surface area contributed by atoms with Crippen LogP contribution in [0.3, 0.4) is 0 Å². The van der Waals surface area contributed by atoms with Gasteiger partial charge in [-0.05, 0) is 23.8 Å². The minimum atomic E-state index is -0.0256. The molecule has 1 aromatic heterocycles. The van der Waals surface area contributed by atoms with Crippen molar-refractivity contribution in [2.75, 3.05) is 0 Å². The second kappa shape index (κ2) is 5.30. The number of nitrogens with zero attached hydrogens (tertiary/aromatic N) is 1. The van der Waals surface area contributed by atoms with E-state index in [4.69, 9.17) is 23.2 Å². The van der Waals surface area contributed by atoms with Crippen molar-refractivity contribution in [1.82, 2.24) is 4.98 Å². The SMILES string of the molecule is O=C(Cc1ccccc1Cl)c1ccnc(Cl)c1. The molecule has 0 saturated carbocycles. The zero-order chi connectivity index (χ0) is 12.3. The lowest BCUT2D eigenvalue weighted by Crippen LogP contribution is -2.04. The van der Waals surface area contributed by atoms with Crippen LogP contribution in [0.1, 0.15) is 15.9 Å². The van der Waals surface area contributed by atoms with Gasteiger partial charge in [0.2, 0.25) is 0 Å². The van der Waals surface area contributed by atoms with E-state index in [9.17, 15) is 4.79 Å². The lowest BCUT2D eigenvalue weighted by molar-refractivity contribution is 0.0993. The predicted octanol–water partition coefficient (Wildman–Crippen LogP) is 3.81. The first-order valence-corrected chi connectivity index (χ1v) is 5.80. The number of hydrogen-bond donors (Lipinski definition) is 0. The number of hydrogen-bond acceptors (Lipinski definition) is 2. The van der Waals surface area contributed by atoms with Crippen LogP contribution < -0.4 is 0 Å². The van der Waals surface area contributed by atoms with E-state index in [1.54, 1.807) is 18.2 Å². The first kappa shape index (κ1) is 12.1. The highest BCUT2D eigenvalue weighted by atomic mass is 35.5. The van der Waals surface area contributed by atoms with Gasteiger partial charge in [-0.3, -0.25) is 4.79 Å². The molecule has 4 heteroatoms. The van der Waals surface area contributed by atoms with Gasteiger partial charge in [0.25, 0.3) is 0 Å². The van der Waals surface area contributed by atoms with Gasteiger partial charge in [-0.1, -0.05) is 41.4 Å². The van der Waals surface area contributed by atoms with E-state index in [1.165, 1.54) is 6.20 Å². The second-order valence-corrected chi connectivity index (χ2v) is 4.35. The second-order valence-electron chi connectivity index (χ2n) is 3.56. The van der Waals surface area contributed by atoms with Crippen LogP contribution in [0.4, 0.5) is 0 Å². The van der Waals surface area contributed by atoms with Crippen molar-refractivity contribution >= 4 is 29.0 Å². The number of carbonyl (C=O) groups excluding carboxylic acids is 1. The molecule has 0 fully saturated rings. The Balaban J connectivity index is 2.20. The van der Waals surface area contributed by atoms with Gasteiger partial charge in [0.1, 0.15) is 5.15 Å². The first-order valence-electron chi connectivity index (χ1n) is 5.05. The summed E-state index contributed by atoms with van der Waals surface area (Å²) >= 11 is 11.7. The van der Waals surface area contributed by atoms with Crippen molar-refractivity contribution in [3.8, 4) is 0 Å². The number of pyridine rings is 1. The zero-order valence-corrected chi connectivity index (χ0v) is 10.4. The average Bonchev–Trinajstić information content (AvgIpc) is 2.32. The maximum Gasteiger partial charge on any atom is 0.167 e. The summed E-state index contributed by atoms with van der Waals surface area (Å²) < 4.78 is 0. The fourth-order valence-electron chi connectivity index (χ4n) is 1.49. The molecule has 0 bridgehead atoms. The van der Waals surface area contributed by atoms with Crippen molar-refractivity contribution in [2.24, 2.45) is 0 Å². The fourth-order valence-corrected chi connectivity index (χ4v) is 1.87. The van der Waals surface area contributed by atoms with Gasteiger partial charge in [0.15, 0.2) is 5.78 Å². The smallest absolute Gasteiger partial charge is 0.167 e. The average molecular weight is 266 g/mol. The molecule has 17 heavy (non-hydrogen) atoms. The number of benzene rings is 1. The molecular formula is C13H9Cl2NO. The molecule has 0 aliphatic heterocycles. The van der Waals surface area contributed by atoms with Crippen molar-refractivity contribution in [1.29, 1.82) is 0 Å². The van der Waals surface area contributed by atoms with E-state index in [0.29, 0.717) is 15.7 Å². The summed E-state index contributed by atoms with van der Waals surface area (Å²) in [6, 6.07) is 10.5. The molecule has 2 rings (SSSR count). The Morgan fingerprint density at radius 2 is 1.94 bits per heavy atom. The van der Waals surface area contributed by atoms with Crippen LogP contribution in [0.25, 0.3) is 0 Å². The third kappa shape index (κ3) is 3.05. The normalized spacial score (nSPS) is 10.2. The lowest BCUT2D eigenvalue weighted by Gasteiger charge is -2.03. The first-order chi connectivity index (χ1) is 8.16. The molecule has 0 atom stereocenters. The van der Waals surface area contributed by atoms with Crippen molar-refractivity contribution in [2.45, 2.75) is 6.42 Å². The minimum Gasteiger partial charge on any atom is -0.294 e. The Hall–Kier alpha value is -1.38. The Morgan fingerprint density at radius 1 is 1.18 bits per heavy atom. The molecule has 0 spiro atoms. The molecule has 1 aromatic carbocycles. The number of rotatable bonds is 3. The monoisotopic (exact) mass is 265 g/mol. The quantitative estimate of drug-likeness (QED) is 0.624. The van der Waals surface area contributed by atoms with Gasteiger partial charge in [-0.15, -0.1) is 0 Å². The van der Waals surface area contributed by atoms with Gasteiger partial charge in [0, 0.05) is 23.2 Å². The maximum atomic E-state index is 12.0. The summed E-state index contributed by atoms with van der Waals surface area (Å²) in [7, 11) is 0. The topological polar surface area (TPSA) is 30.0 Å². The summed E-state index contributed by atoms with van der Waals surface area (Å²) in [5.41, 5.74) is 1.36. The molecule has 0 radical (unpaired) electrons. The molecule has 1 heterocycles. The summed E-state index contributed by atoms with van der Waals surface area (Å²) in [5, 5.41) is 0.913. The Labute approximate surface area is 109 Å². The van der Waals surface area contributed by atoms with Crippen LogP contribution in [0, 0.1) is 0 Å². The molecular weight excluding hydrogens is 257 g/mol. The van der Waals surface area contributed by atoms with Crippen molar-refractivity contribution < 1.29 is 4.79 Å². The Bertz CT molecular complexity index is 555. The Morgan fingerprint density at radius 3 is 2.65 bits per heavy atom. The molecule has 0 aliphatic carbocycles. The van der Waals surface area contributed by atoms with E-state index in [-0.39, 0.29) is 12.2 Å². The predicted molar refractivity (Wildman–Crippen MR) is 68.7 cm³/mol. The van der Waals surface area contributed by atoms with Crippen LogP contribution >= 0.6 is 23.2 Å². The number of halogens is 2. The van der Waals surface area contributed by atoms with E-state index in [0.717, 1.165) is 5.56 Å². The van der Waals surface area contributed by atoms with E-state index in [2.05, 4.69) is 4.98 Å². The molecule has 0 N–H and O–H groups in total. The van der Waals surface area contributed by atoms with Crippen LogP contribution in [-0.2, 0) is 6.42 Å². The van der Waals surface area contributed by atoms with Crippen LogP contribution in [0.5, 0.6) is 0 Å². The molecule has 86 valence electrons. The number of Topliss-reactive ketones (excluding diaryl/α,β-unsaturated/α-hetero) is 1. The molecule has 0 saturated heterocycles. The summed E-state index contributed by atoms with van der Waals surface area (Å²) in [5.74, 6) is -0.0256. The molecule has 0 amide bonds. The highest BCUT2D eigenvalue weighted by molar-refractivity contribution is 6.31. The van der Waals surface area contributed by atoms with E-state index >= 15 is 0 Å². The minimum absolute atomic E-state index is 0.0256. The highest BCUT2D eigenvalue weighted by Gasteiger charge is 2.09. The number of carbonyl (C=O) groups is 1. The van der Waals surface area contributed by atoms with Gasteiger partial charge in [-0.25, -0.2) is 4.98 Å². The van der Waals surface area contributed by atoms with Gasteiger partial charge >= 0.3 is 0 Å². The Kier molecular flexibility index (Phi) is 3.77. The molecule has 2 nitrogen and oxygen atoms in total. The molecule has 0 aliphatic rings. The van der Waals surface area contributed by atoms with Gasteiger partial charge < -0.3 is 0 Å². The largest absolute Gasteiger partial charge is 0.294 e. The third-order valence-electron chi connectivity index (χ3n) is 2.36. The van der Waals surface area contributed by atoms with Gasteiger partial charge in [0.05, 0.1) is 0 Å². The third-order valence-corrected chi connectivity index (χ3v) is 2.93. The summed E-state index contributed by atoms with van der Waals surface area (Å²) in [4.78, 5) is 15.8. The van der Waals surface area contributed by atoms with Crippen LogP contribution in [-0.4, -0.2) is 10.8 Å². The zero-order valence-electron chi connectivity index (χ0n) is 8.86. The highest BCUT2D eigenvalue weighted by Crippen LogP contribution is 2.18. The van der Waals surface area contributed by atoms with E-state index < -0.39 is 0 Å². The summed E-state index contributed by atoms with van der Waals surface area (Å²) in [6.45, 7) is 0. The number of ketones is 1. The van der Waals surface area contributed by atoms with Crippen molar-refractivity contribution in [3.63, 3.8) is 0 Å². The van der Waals surface area contributed by atoms with E-state index in [1.807, 2.05) is 18.2 Å².